The zero-order valence-corrected chi connectivity index (χ0v) is 14.4. The molecule has 2 nitrogen and oxygen atoms in total. The van der Waals surface area contributed by atoms with E-state index >= 15 is 0 Å². The molecule has 0 aliphatic carbocycles. The van der Waals surface area contributed by atoms with Crippen LogP contribution in [0.3, 0.4) is 0 Å². The third-order valence-electron chi connectivity index (χ3n) is 4.60. The van der Waals surface area contributed by atoms with Gasteiger partial charge in [0.25, 0.3) is 0 Å². The lowest BCUT2D eigenvalue weighted by Gasteiger charge is -2.25. The average Bonchev–Trinajstić information content (AvgIpc) is 2.69. The second-order valence-electron chi connectivity index (χ2n) is 6.32. The highest BCUT2D eigenvalue weighted by molar-refractivity contribution is 6.02. The van der Waals surface area contributed by atoms with E-state index in [-0.39, 0.29) is 5.78 Å². The largest absolute Gasteiger partial charge is 0.381 e. The molecule has 0 saturated carbocycles. The van der Waals surface area contributed by atoms with Crippen LogP contribution in [0.25, 0.3) is 11.1 Å². The fourth-order valence-electron chi connectivity index (χ4n) is 3.01. The molecule has 0 aromatic heterocycles. The maximum absolute atomic E-state index is 12.9. The highest BCUT2D eigenvalue weighted by atomic mass is 16.3. The summed E-state index contributed by atoms with van der Waals surface area (Å²) in [6.07, 6.45) is 0.699. The van der Waals surface area contributed by atoms with E-state index in [2.05, 4.69) is 0 Å². The summed E-state index contributed by atoms with van der Waals surface area (Å²) in [5.74, 6) is -0.224. The molecule has 3 aromatic carbocycles. The molecule has 0 bridgehead atoms. The second kappa shape index (κ2) is 7.45. The Balaban J connectivity index is 1.83. The molecule has 3 rings (SSSR count). The van der Waals surface area contributed by atoms with Gasteiger partial charge in [0.05, 0.1) is 0 Å². The Morgan fingerprint density at radius 2 is 1.32 bits per heavy atom. The molecular weight excluding hydrogens is 308 g/mol. The van der Waals surface area contributed by atoms with Crippen molar-refractivity contribution in [3.05, 3.63) is 96.1 Å². The van der Waals surface area contributed by atoms with E-state index in [1.54, 1.807) is 12.1 Å². The van der Waals surface area contributed by atoms with Crippen LogP contribution in [0.2, 0.25) is 0 Å². The van der Waals surface area contributed by atoms with Gasteiger partial charge >= 0.3 is 0 Å². The van der Waals surface area contributed by atoms with Gasteiger partial charge in [-0.15, -0.1) is 0 Å². The van der Waals surface area contributed by atoms with Crippen LogP contribution in [0.5, 0.6) is 0 Å². The molecule has 1 unspecified atom stereocenters. The molecule has 0 radical (unpaired) electrons. The first kappa shape index (κ1) is 17.1. The Labute approximate surface area is 148 Å². The first-order valence-corrected chi connectivity index (χ1v) is 8.59. The molecule has 0 aliphatic rings. The Morgan fingerprint density at radius 3 is 1.88 bits per heavy atom. The zero-order chi connectivity index (χ0) is 17.7. The van der Waals surface area contributed by atoms with Crippen molar-refractivity contribution < 1.29 is 9.90 Å². The molecule has 0 saturated heterocycles. The summed E-state index contributed by atoms with van der Waals surface area (Å²) in [6, 6.07) is 27.1. The minimum Gasteiger partial charge on any atom is -0.381 e. The number of Topliss-reactive ketones (excluding diaryl/α,β-unsaturated/α-hetero) is 1. The molecule has 0 aliphatic heterocycles. The van der Waals surface area contributed by atoms with Gasteiger partial charge in [-0.05, 0) is 23.1 Å². The molecule has 2 heteroatoms. The smallest absolute Gasteiger partial charge is 0.194 e. The van der Waals surface area contributed by atoms with Crippen LogP contribution in [-0.2, 0) is 6.42 Å². The van der Waals surface area contributed by atoms with Crippen LogP contribution >= 0.6 is 0 Å². The lowest BCUT2D eigenvalue weighted by Crippen LogP contribution is -2.40. The molecule has 25 heavy (non-hydrogen) atoms. The van der Waals surface area contributed by atoms with Crippen molar-refractivity contribution >= 4 is 5.78 Å². The number of benzene rings is 3. The molecule has 1 atom stereocenters. The lowest BCUT2D eigenvalue weighted by atomic mass is 9.84. The monoisotopic (exact) mass is 330 g/mol. The molecule has 126 valence electrons. The fraction of sp³-hybridized carbons (Fsp3) is 0.174. The molecule has 0 heterocycles. The van der Waals surface area contributed by atoms with Gasteiger partial charge in [0.15, 0.2) is 5.78 Å². The minimum absolute atomic E-state index is 0.224. The first-order chi connectivity index (χ1) is 12.1. The Morgan fingerprint density at radius 1 is 0.800 bits per heavy atom. The lowest BCUT2D eigenvalue weighted by molar-refractivity contribution is 0.0298. The number of ketones is 1. The van der Waals surface area contributed by atoms with Gasteiger partial charge in [0, 0.05) is 12.0 Å². The van der Waals surface area contributed by atoms with Crippen LogP contribution in [0, 0.1) is 0 Å². The van der Waals surface area contributed by atoms with E-state index in [0.717, 1.165) is 16.7 Å². The number of hydrogen-bond acceptors (Lipinski definition) is 2. The highest BCUT2D eigenvalue weighted by Gasteiger charge is 2.34. The number of carbonyl (C=O) groups is 1. The molecule has 0 fully saturated rings. The number of rotatable bonds is 6. The van der Waals surface area contributed by atoms with Crippen LogP contribution in [0.15, 0.2) is 84.9 Å². The van der Waals surface area contributed by atoms with Crippen molar-refractivity contribution in [2.45, 2.75) is 25.4 Å². The van der Waals surface area contributed by atoms with E-state index in [0.29, 0.717) is 18.4 Å². The van der Waals surface area contributed by atoms with E-state index in [4.69, 9.17) is 0 Å². The van der Waals surface area contributed by atoms with Crippen molar-refractivity contribution in [2.24, 2.45) is 0 Å². The summed E-state index contributed by atoms with van der Waals surface area (Å²) in [5.41, 5.74) is 2.29. The van der Waals surface area contributed by atoms with Gasteiger partial charge in [-0.2, -0.15) is 0 Å². The topological polar surface area (TPSA) is 37.3 Å². The Bertz CT molecular complexity index is 823. The van der Waals surface area contributed by atoms with E-state index < -0.39 is 5.60 Å². The molecule has 0 amide bonds. The predicted molar refractivity (Wildman–Crippen MR) is 102 cm³/mol. The summed E-state index contributed by atoms with van der Waals surface area (Å²) in [5, 5.41) is 10.9. The summed E-state index contributed by atoms with van der Waals surface area (Å²) in [7, 11) is 0. The highest BCUT2D eigenvalue weighted by Crippen LogP contribution is 2.25. The van der Waals surface area contributed by atoms with Crippen molar-refractivity contribution in [2.75, 3.05) is 0 Å². The van der Waals surface area contributed by atoms with Crippen LogP contribution in [-0.4, -0.2) is 16.5 Å². The van der Waals surface area contributed by atoms with Gasteiger partial charge < -0.3 is 5.11 Å². The normalized spacial score (nSPS) is 13.2. The SMILES string of the molecule is CCC(O)(Cc1ccccc1)C(=O)c1ccc(-c2ccccc2)cc1. The quantitative estimate of drug-likeness (QED) is 0.651. The van der Waals surface area contributed by atoms with Crippen molar-refractivity contribution in [1.82, 2.24) is 0 Å². The fourth-order valence-corrected chi connectivity index (χ4v) is 3.01. The number of carbonyl (C=O) groups excluding carboxylic acids is 1. The minimum atomic E-state index is -1.38. The maximum Gasteiger partial charge on any atom is 0.194 e. The Kier molecular flexibility index (Phi) is 5.11. The molecule has 0 spiro atoms. The van der Waals surface area contributed by atoms with Crippen LogP contribution in [0.1, 0.15) is 29.3 Å². The Hall–Kier alpha value is -2.71. The third kappa shape index (κ3) is 3.86. The summed E-state index contributed by atoms with van der Waals surface area (Å²) < 4.78 is 0. The van der Waals surface area contributed by atoms with Gasteiger partial charge in [0.1, 0.15) is 5.60 Å². The summed E-state index contributed by atoms with van der Waals surface area (Å²) in [6.45, 7) is 1.85. The van der Waals surface area contributed by atoms with Gasteiger partial charge in [-0.25, -0.2) is 0 Å². The standard InChI is InChI=1S/C23H22O2/c1-2-23(25,17-18-9-5-3-6-10-18)22(24)21-15-13-20(14-16-21)19-11-7-4-8-12-19/h3-16,25H,2,17H2,1H3. The first-order valence-electron chi connectivity index (χ1n) is 8.59. The summed E-state index contributed by atoms with van der Waals surface area (Å²) >= 11 is 0. The molecule has 1 N–H and O–H groups in total. The maximum atomic E-state index is 12.9. The molecule has 3 aromatic rings. The van der Waals surface area contributed by atoms with E-state index in [1.807, 2.05) is 79.7 Å². The van der Waals surface area contributed by atoms with Crippen molar-refractivity contribution in [3.8, 4) is 11.1 Å². The van der Waals surface area contributed by atoms with Crippen LogP contribution < -0.4 is 0 Å². The predicted octanol–water partition coefficient (Wildman–Crippen LogP) is 4.92. The van der Waals surface area contributed by atoms with E-state index in [9.17, 15) is 9.90 Å². The second-order valence-corrected chi connectivity index (χ2v) is 6.32. The third-order valence-corrected chi connectivity index (χ3v) is 4.60. The zero-order valence-electron chi connectivity index (χ0n) is 14.4. The van der Waals surface area contributed by atoms with Crippen molar-refractivity contribution in [1.29, 1.82) is 0 Å². The summed E-state index contributed by atoms with van der Waals surface area (Å²) in [4.78, 5) is 12.9. The molecular formula is C23H22O2. The van der Waals surface area contributed by atoms with Crippen molar-refractivity contribution in [3.63, 3.8) is 0 Å². The van der Waals surface area contributed by atoms with Gasteiger partial charge in [-0.3, -0.25) is 4.79 Å². The van der Waals surface area contributed by atoms with Gasteiger partial charge in [-0.1, -0.05) is 91.9 Å². The number of hydrogen-bond donors (Lipinski definition) is 1. The number of aliphatic hydroxyl groups is 1. The average molecular weight is 330 g/mol. The van der Waals surface area contributed by atoms with E-state index in [1.165, 1.54) is 0 Å². The van der Waals surface area contributed by atoms with Crippen LogP contribution in [0.4, 0.5) is 0 Å². The van der Waals surface area contributed by atoms with Gasteiger partial charge in [0.2, 0.25) is 0 Å².